The maximum atomic E-state index is 12.9. The van der Waals surface area contributed by atoms with E-state index in [0.29, 0.717) is 23.9 Å². The number of allylic oxidation sites excluding steroid dienone is 8. The molecule has 0 aromatic heterocycles. The summed E-state index contributed by atoms with van der Waals surface area (Å²) in [6.07, 6.45) is 74.7. The first-order valence-electron chi connectivity index (χ1n) is 33.8. The third kappa shape index (κ3) is 62.7. The molecule has 2 unspecified atom stereocenters. The number of hydrogen-bond donors (Lipinski definition) is 0. The van der Waals surface area contributed by atoms with Gasteiger partial charge in [-0.05, 0) is 77.0 Å². The maximum absolute atomic E-state index is 12.9. The topological polar surface area (TPSA) is 111 Å². The first kappa shape index (κ1) is 76.2. The lowest BCUT2D eigenvalue weighted by atomic mass is 10.0. The molecule has 0 aliphatic carbocycles. The number of rotatable bonds is 63. The van der Waals surface area contributed by atoms with Gasteiger partial charge in [-0.15, -0.1) is 0 Å². The van der Waals surface area contributed by atoms with E-state index in [1.165, 1.54) is 244 Å². The SMILES string of the molecule is CCCCCCC/C=C\C/C=C\C/C=C\CCCCCCCCCCCCCCCCC(=O)OC(COC(=O)CCCCCCCCCCCCCCC/C=C\CCCCCCCCCC)COC(OCC[N+](C)(C)C)C(=O)[O-]. The summed E-state index contributed by atoms with van der Waals surface area (Å²) in [5.41, 5.74) is 0. The van der Waals surface area contributed by atoms with E-state index in [1.807, 2.05) is 21.1 Å². The van der Waals surface area contributed by atoms with Crippen molar-refractivity contribution in [3.63, 3.8) is 0 Å². The zero-order valence-electron chi connectivity index (χ0n) is 52.8. The Kier molecular flexibility index (Phi) is 59.2. The highest BCUT2D eigenvalue weighted by molar-refractivity contribution is 5.70. The van der Waals surface area contributed by atoms with E-state index in [-0.39, 0.29) is 32.2 Å². The fourth-order valence-electron chi connectivity index (χ4n) is 9.84. The zero-order chi connectivity index (χ0) is 57.6. The fraction of sp³-hybridized carbons (Fsp3) is 0.843. The lowest BCUT2D eigenvalue weighted by molar-refractivity contribution is -0.870. The van der Waals surface area contributed by atoms with Crippen molar-refractivity contribution in [1.82, 2.24) is 0 Å². The van der Waals surface area contributed by atoms with Gasteiger partial charge in [0.2, 0.25) is 0 Å². The van der Waals surface area contributed by atoms with Crippen LogP contribution in [0.25, 0.3) is 0 Å². The molecule has 462 valence electrons. The monoisotopic (exact) mass is 1110 g/mol. The van der Waals surface area contributed by atoms with Crippen molar-refractivity contribution < 1.29 is 42.9 Å². The molecule has 0 rings (SSSR count). The summed E-state index contributed by atoms with van der Waals surface area (Å²) in [5.74, 6) is -2.27. The number of aliphatic carboxylic acids is 1. The molecule has 0 fully saturated rings. The average molecular weight is 1110 g/mol. The van der Waals surface area contributed by atoms with Crippen LogP contribution in [0.3, 0.4) is 0 Å². The van der Waals surface area contributed by atoms with Gasteiger partial charge in [-0.1, -0.05) is 281 Å². The number of hydrogen-bond acceptors (Lipinski definition) is 8. The van der Waals surface area contributed by atoms with E-state index in [2.05, 4.69) is 62.5 Å². The van der Waals surface area contributed by atoms with Gasteiger partial charge in [0.25, 0.3) is 0 Å². The van der Waals surface area contributed by atoms with Crippen LogP contribution in [-0.4, -0.2) is 82.3 Å². The highest BCUT2D eigenvalue weighted by Gasteiger charge is 2.22. The van der Waals surface area contributed by atoms with Crippen LogP contribution >= 0.6 is 0 Å². The summed E-state index contributed by atoms with van der Waals surface area (Å²) >= 11 is 0. The Morgan fingerprint density at radius 1 is 0.380 bits per heavy atom. The zero-order valence-corrected chi connectivity index (χ0v) is 52.8. The van der Waals surface area contributed by atoms with Crippen molar-refractivity contribution in [1.29, 1.82) is 0 Å². The number of carbonyl (C=O) groups is 3. The molecule has 0 radical (unpaired) electrons. The van der Waals surface area contributed by atoms with Crippen LogP contribution in [0.5, 0.6) is 0 Å². The summed E-state index contributed by atoms with van der Waals surface area (Å²) in [7, 11) is 5.94. The number of ether oxygens (including phenoxy) is 4. The molecule has 9 heteroatoms. The average Bonchev–Trinajstić information content (AvgIpc) is 3.42. The van der Waals surface area contributed by atoms with Crippen molar-refractivity contribution in [3.05, 3.63) is 48.6 Å². The van der Waals surface area contributed by atoms with E-state index >= 15 is 0 Å². The predicted molar refractivity (Wildman–Crippen MR) is 334 cm³/mol. The lowest BCUT2D eigenvalue weighted by Gasteiger charge is -2.26. The Labute approximate surface area is 489 Å². The van der Waals surface area contributed by atoms with Gasteiger partial charge >= 0.3 is 11.9 Å². The van der Waals surface area contributed by atoms with Crippen molar-refractivity contribution in [2.75, 3.05) is 47.5 Å². The quantitative estimate of drug-likeness (QED) is 0.0195. The molecule has 0 bridgehead atoms. The van der Waals surface area contributed by atoms with Crippen LogP contribution in [0.4, 0.5) is 0 Å². The van der Waals surface area contributed by atoms with Gasteiger partial charge in [0, 0.05) is 12.8 Å². The van der Waals surface area contributed by atoms with E-state index in [4.69, 9.17) is 18.9 Å². The molecular weight excluding hydrogens is 983 g/mol. The first-order valence-corrected chi connectivity index (χ1v) is 33.8. The normalized spacial score (nSPS) is 13.0. The molecule has 0 saturated carbocycles. The van der Waals surface area contributed by atoms with Gasteiger partial charge in [-0.25, -0.2) is 0 Å². The molecule has 79 heavy (non-hydrogen) atoms. The predicted octanol–water partition coefficient (Wildman–Crippen LogP) is 19.2. The second-order valence-electron chi connectivity index (χ2n) is 24.1. The minimum absolute atomic E-state index is 0.148. The van der Waals surface area contributed by atoms with Crippen molar-refractivity contribution in [2.45, 2.75) is 334 Å². The van der Waals surface area contributed by atoms with Gasteiger partial charge < -0.3 is 33.3 Å². The Balaban J connectivity index is 4.13. The molecule has 0 N–H and O–H groups in total. The van der Waals surface area contributed by atoms with Gasteiger partial charge in [-0.3, -0.25) is 9.59 Å². The summed E-state index contributed by atoms with van der Waals surface area (Å²) in [5, 5.41) is 11.8. The van der Waals surface area contributed by atoms with Crippen molar-refractivity contribution in [3.8, 4) is 0 Å². The van der Waals surface area contributed by atoms with Crippen LogP contribution in [0.2, 0.25) is 0 Å². The van der Waals surface area contributed by atoms with Crippen LogP contribution in [0.15, 0.2) is 48.6 Å². The second-order valence-corrected chi connectivity index (χ2v) is 24.1. The Hall–Kier alpha value is -2.75. The van der Waals surface area contributed by atoms with Gasteiger partial charge in [0.15, 0.2) is 12.4 Å². The number of esters is 2. The highest BCUT2D eigenvalue weighted by atomic mass is 16.7. The molecule has 0 amide bonds. The van der Waals surface area contributed by atoms with Gasteiger partial charge in [0.05, 0.1) is 40.3 Å². The first-order chi connectivity index (χ1) is 38.6. The maximum Gasteiger partial charge on any atom is 0.306 e. The van der Waals surface area contributed by atoms with E-state index in [1.54, 1.807) is 0 Å². The van der Waals surface area contributed by atoms with Crippen molar-refractivity contribution in [2.24, 2.45) is 0 Å². The largest absolute Gasteiger partial charge is 0.545 e. The van der Waals surface area contributed by atoms with Crippen molar-refractivity contribution >= 4 is 17.9 Å². The Bertz CT molecular complexity index is 1430. The number of quaternary nitrogens is 1. The molecule has 0 aliphatic heterocycles. The number of carbonyl (C=O) groups excluding carboxylic acids is 3. The third-order valence-corrected chi connectivity index (χ3v) is 15.0. The molecule has 9 nitrogen and oxygen atoms in total. The molecule has 0 aromatic carbocycles. The molecule has 0 aliphatic rings. The van der Waals surface area contributed by atoms with E-state index in [9.17, 15) is 19.5 Å². The number of likely N-dealkylation sites (N-methyl/N-ethyl adjacent to an activating group) is 1. The minimum atomic E-state index is -1.62. The number of carboxylic acids is 1. The number of unbranched alkanes of at least 4 members (excludes halogenated alkanes) is 40. The standard InChI is InChI=1S/C70H129NO8/c1-6-8-10-12-14-16-18-20-22-24-26-28-30-32-33-34-35-37-39-41-43-45-47-49-51-53-55-57-59-61-68(73)79-66(65-78-70(69(74)75)76-63-62-71(3,4)5)64-77-67(72)60-58-56-54-52-50-48-46-44-42-40-38-36-31-29-27-25-23-21-19-17-15-13-11-9-7-2/h18,20,24-27,30,32,66,70H,6-17,19,21-23,28-29,31,33-65H2,1-5H3/b20-18-,26-24-,27-25-,32-30-. The minimum Gasteiger partial charge on any atom is -0.545 e. The number of carboxylic acid groups (broad SMARTS) is 1. The molecule has 0 saturated heterocycles. The summed E-state index contributed by atoms with van der Waals surface area (Å²) in [6.45, 7) is 4.78. The smallest absolute Gasteiger partial charge is 0.306 e. The Morgan fingerprint density at radius 3 is 1.03 bits per heavy atom. The van der Waals surface area contributed by atoms with Crippen LogP contribution in [0, 0.1) is 0 Å². The van der Waals surface area contributed by atoms with Crippen LogP contribution in [-0.2, 0) is 33.3 Å². The van der Waals surface area contributed by atoms with Crippen LogP contribution < -0.4 is 5.11 Å². The third-order valence-electron chi connectivity index (χ3n) is 15.0. The fourth-order valence-corrected chi connectivity index (χ4v) is 9.84. The molecule has 0 heterocycles. The van der Waals surface area contributed by atoms with Gasteiger partial charge in [-0.2, -0.15) is 0 Å². The van der Waals surface area contributed by atoms with E-state index in [0.717, 1.165) is 44.9 Å². The number of nitrogens with zero attached hydrogens (tertiary/aromatic N) is 1. The van der Waals surface area contributed by atoms with Gasteiger partial charge in [0.1, 0.15) is 13.2 Å². The summed E-state index contributed by atoms with van der Waals surface area (Å²) in [4.78, 5) is 37.4. The molecule has 0 spiro atoms. The Morgan fingerprint density at radius 2 is 0.684 bits per heavy atom. The summed E-state index contributed by atoms with van der Waals surface area (Å²) < 4.78 is 22.8. The van der Waals surface area contributed by atoms with Crippen LogP contribution in [0.1, 0.15) is 322 Å². The molecule has 0 aromatic rings. The molecule has 2 atom stereocenters. The summed E-state index contributed by atoms with van der Waals surface area (Å²) in [6, 6.07) is 0. The lowest BCUT2D eigenvalue weighted by Crippen LogP contribution is -2.44. The second kappa shape index (κ2) is 61.3. The highest BCUT2D eigenvalue weighted by Crippen LogP contribution is 2.18. The molecular formula is C70H129NO8. The van der Waals surface area contributed by atoms with E-state index < -0.39 is 24.3 Å².